The van der Waals surface area contributed by atoms with E-state index in [1.54, 1.807) is 0 Å². The molecule has 2 heteroatoms. The van der Waals surface area contributed by atoms with Crippen molar-refractivity contribution in [2.75, 3.05) is 20.2 Å². The molecule has 2 rings (SSSR count). The number of nitrogens with zero attached hydrogens (tertiary/aromatic N) is 1. The maximum atomic E-state index is 5.32. The first-order valence-corrected chi connectivity index (χ1v) is 4.67. The number of rotatable bonds is 2. The molecule has 1 aliphatic heterocycles. The van der Waals surface area contributed by atoms with Crippen LogP contribution in [0.4, 0.5) is 0 Å². The highest BCUT2D eigenvalue weighted by Crippen LogP contribution is 2.28. The molecule has 1 aliphatic carbocycles. The van der Waals surface area contributed by atoms with Gasteiger partial charge in [-0.2, -0.15) is 0 Å². The molecule has 0 unspecified atom stereocenters. The molecule has 0 aromatic heterocycles. The van der Waals surface area contributed by atoms with Gasteiger partial charge in [0.25, 0.3) is 0 Å². The molecular formula is C9H17NO. The van der Waals surface area contributed by atoms with Crippen LogP contribution >= 0.6 is 0 Å². The maximum absolute atomic E-state index is 5.32. The molecule has 1 saturated carbocycles. The zero-order valence-corrected chi connectivity index (χ0v) is 7.25. The van der Waals surface area contributed by atoms with Crippen LogP contribution in [0.5, 0.6) is 0 Å². The van der Waals surface area contributed by atoms with Crippen LogP contribution < -0.4 is 0 Å². The van der Waals surface area contributed by atoms with Gasteiger partial charge in [-0.15, -0.1) is 0 Å². The predicted octanol–water partition coefficient (Wildman–Crippen LogP) is 1.26. The Morgan fingerprint density at radius 1 is 1.27 bits per heavy atom. The lowest BCUT2D eigenvalue weighted by Crippen LogP contribution is -2.38. The van der Waals surface area contributed by atoms with Gasteiger partial charge in [0.1, 0.15) is 0 Å². The highest BCUT2D eigenvalue weighted by atomic mass is 16.5. The van der Waals surface area contributed by atoms with Gasteiger partial charge >= 0.3 is 0 Å². The van der Waals surface area contributed by atoms with Gasteiger partial charge < -0.3 is 4.74 Å². The number of methoxy groups -OCH3 is 1. The first-order chi connectivity index (χ1) is 5.40. The van der Waals surface area contributed by atoms with Gasteiger partial charge in [-0.1, -0.05) is 6.42 Å². The number of ether oxygens (including phenoxy) is 1. The summed E-state index contributed by atoms with van der Waals surface area (Å²) in [5.41, 5.74) is 0. The normalized spacial score (nSPS) is 34.1. The molecule has 1 heterocycles. The Bertz CT molecular complexity index is 134. The van der Waals surface area contributed by atoms with Crippen LogP contribution in [0.25, 0.3) is 0 Å². The fourth-order valence-corrected chi connectivity index (χ4v) is 2.03. The van der Waals surface area contributed by atoms with Crippen LogP contribution in [0.15, 0.2) is 0 Å². The third kappa shape index (κ3) is 1.42. The van der Waals surface area contributed by atoms with Crippen molar-refractivity contribution < 1.29 is 4.74 Å². The molecule has 0 amide bonds. The molecule has 2 fully saturated rings. The van der Waals surface area contributed by atoms with E-state index >= 15 is 0 Å². The van der Waals surface area contributed by atoms with Crippen LogP contribution in [0, 0.1) is 0 Å². The molecule has 2 aliphatic rings. The van der Waals surface area contributed by atoms with E-state index in [2.05, 4.69) is 4.90 Å². The van der Waals surface area contributed by atoms with Crippen molar-refractivity contribution in [2.45, 2.75) is 37.8 Å². The minimum absolute atomic E-state index is 0.524. The molecule has 0 aromatic carbocycles. The van der Waals surface area contributed by atoms with E-state index in [-0.39, 0.29) is 0 Å². The fourth-order valence-electron chi connectivity index (χ4n) is 2.03. The fraction of sp³-hybridized carbons (Fsp3) is 1.00. The SMILES string of the molecule is CO[C@@H]1CCN(C2CCC2)C1. The van der Waals surface area contributed by atoms with Crippen molar-refractivity contribution in [3.05, 3.63) is 0 Å². The number of hydrogen-bond donors (Lipinski definition) is 0. The molecule has 1 saturated heterocycles. The lowest BCUT2D eigenvalue weighted by atomic mass is 9.92. The van der Waals surface area contributed by atoms with Crippen molar-refractivity contribution in [1.82, 2.24) is 4.90 Å². The summed E-state index contributed by atoms with van der Waals surface area (Å²) in [5, 5.41) is 0. The first kappa shape index (κ1) is 7.56. The molecule has 11 heavy (non-hydrogen) atoms. The number of hydrogen-bond acceptors (Lipinski definition) is 2. The predicted molar refractivity (Wildman–Crippen MR) is 44.6 cm³/mol. The Hall–Kier alpha value is -0.0800. The Kier molecular flexibility index (Phi) is 2.14. The zero-order valence-electron chi connectivity index (χ0n) is 7.25. The molecular weight excluding hydrogens is 138 g/mol. The number of likely N-dealkylation sites (tertiary alicyclic amines) is 1. The molecule has 0 N–H and O–H groups in total. The molecule has 0 radical (unpaired) electrons. The molecule has 0 aromatic rings. The Balaban J connectivity index is 1.79. The Morgan fingerprint density at radius 3 is 2.55 bits per heavy atom. The largest absolute Gasteiger partial charge is 0.380 e. The van der Waals surface area contributed by atoms with Crippen LogP contribution in [-0.2, 0) is 4.74 Å². The van der Waals surface area contributed by atoms with Crippen molar-refractivity contribution in [3.63, 3.8) is 0 Å². The third-order valence-electron chi connectivity index (χ3n) is 3.10. The maximum Gasteiger partial charge on any atom is 0.0710 e. The molecule has 0 spiro atoms. The molecule has 0 bridgehead atoms. The Morgan fingerprint density at radius 2 is 2.09 bits per heavy atom. The van der Waals surface area contributed by atoms with Gasteiger partial charge in [-0.05, 0) is 19.3 Å². The van der Waals surface area contributed by atoms with Crippen LogP contribution in [-0.4, -0.2) is 37.2 Å². The average molecular weight is 155 g/mol. The van der Waals surface area contributed by atoms with Gasteiger partial charge in [0.2, 0.25) is 0 Å². The van der Waals surface area contributed by atoms with Crippen molar-refractivity contribution in [2.24, 2.45) is 0 Å². The van der Waals surface area contributed by atoms with E-state index in [0.29, 0.717) is 6.10 Å². The summed E-state index contributed by atoms with van der Waals surface area (Å²) in [6, 6.07) is 0.912. The van der Waals surface area contributed by atoms with E-state index in [1.807, 2.05) is 7.11 Å². The minimum atomic E-state index is 0.524. The minimum Gasteiger partial charge on any atom is -0.380 e. The van der Waals surface area contributed by atoms with E-state index < -0.39 is 0 Å². The topological polar surface area (TPSA) is 12.5 Å². The van der Waals surface area contributed by atoms with Gasteiger partial charge in [-0.25, -0.2) is 0 Å². The summed E-state index contributed by atoms with van der Waals surface area (Å²) in [5.74, 6) is 0. The van der Waals surface area contributed by atoms with Crippen molar-refractivity contribution in [3.8, 4) is 0 Å². The van der Waals surface area contributed by atoms with E-state index in [9.17, 15) is 0 Å². The summed E-state index contributed by atoms with van der Waals surface area (Å²) in [4.78, 5) is 2.59. The quantitative estimate of drug-likeness (QED) is 0.595. The van der Waals surface area contributed by atoms with Crippen molar-refractivity contribution >= 4 is 0 Å². The molecule has 64 valence electrons. The second-order valence-corrected chi connectivity index (χ2v) is 3.73. The van der Waals surface area contributed by atoms with Crippen LogP contribution in [0.1, 0.15) is 25.7 Å². The Labute approximate surface area is 68.5 Å². The van der Waals surface area contributed by atoms with Gasteiger partial charge in [0.05, 0.1) is 6.10 Å². The van der Waals surface area contributed by atoms with E-state index in [4.69, 9.17) is 4.74 Å². The summed E-state index contributed by atoms with van der Waals surface area (Å²) in [6.45, 7) is 2.45. The second kappa shape index (κ2) is 3.11. The summed E-state index contributed by atoms with van der Waals surface area (Å²) in [7, 11) is 1.83. The highest BCUT2D eigenvalue weighted by Gasteiger charge is 2.31. The lowest BCUT2D eigenvalue weighted by molar-refractivity contribution is 0.0879. The van der Waals surface area contributed by atoms with E-state index in [0.717, 1.165) is 6.04 Å². The average Bonchev–Trinajstić information content (AvgIpc) is 2.32. The summed E-state index contributed by atoms with van der Waals surface area (Å²) >= 11 is 0. The standard InChI is InChI=1S/C9H17NO/c1-11-9-5-6-10(7-9)8-3-2-4-8/h8-9H,2-7H2,1H3/t9-/m1/s1. The van der Waals surface area contributed by atoms with Crippen LogP contribution in [0.2, 0.25) is 0 Å². The highest BCUT2D eigenvalue weighted by molar-refractivity contribution is 4.86. The zero-order chi connectivity index (χ0) is 7.68. The lowest BCUT2D eigenvalue weighted by Gasteiger charge is -2.34. The van der Waals surface area contributed by atoms with Crippen molar-refractivity contribution in [1.29, 1.82) is 0 Å². The van der Waals surface area contributed by atoms with E-state index in [1.165, 1.54) is 38.8 Å². The summed E-state index contributed by atoms with van der Waals surface area (Å²) in [6.07, 6.45) is 6.06. The van der Waals surface area contributed by atoms with Crippen LogP contribution in [0.3, 0.4) is 0 Å². The summed E-state index contributed by atoms with van der Waals surface area (Å²) < 4.78 is 5.32. The smallest absolute Gasteiger partial charge is 0.0710 e. The van der Waals surface area contributed by atoms with Gasteiger partial charge in [-0.3, -0.25) is 4.90 Å². The van der Waals surface area contributed by atoms with Gasteiger partial charge in [0, 0.05) is 26.2 Å². The first-order valence-electron chi connectivity index (χ1n) is 4.67. The molecule has 1 atom stereocenters. The van der Waals surface area contributed by atoms with Gasteiger partial charge in [0.15, 0.2) is 0 Å². The monoisotopic (exact) mass is 155 g/mol. The second-order valence-electron chi connectivity index (χ2n) is 3.73. The molecule has 2 nitrogen and oxygen atoms in total. The third-order valence-corrected chi connectivity index (χ3v) is 3.10.